The third-order valence-corrected chi connectivity index (χ3v) is 4.34. The minimum absolute atomic E-state index is 0.153. The Bertz CT molecular complexity index is 331. The number of esters is 1. The fourth-order valence-electron chi connectivity index (χ4n) is 3.80. The third kappa shape index (κ3) is 1.27. The van der Waals surface area contributed by atoms with Crippen LogP contribution in [0.3, 0.4) is 0 Å². The highest BCUT2D eigenvalue weighted by Crippen LogP contribution is 2.56. The van der Waals surface area contributed by atoms with Gasteiger partial charge in [-0.1, -0.05) is 18.7 Å². The van der Waals surface area contributed by atoms with Gasteiger partial charge in [-0.25, -0.2) is 4.79 Å². The number of carbonyl (C=O) groups excluding carboxylic acids is 1. The molecule has 0 aliphatic heterocycles. The molecule has 0 radical (unpaired) electrons. The van der Waals surface area contributed by atoms with Crippen LogP contribution in [0.15, 0.2) is 24.8 Å². The standard InChI is InChI=1S/C13H16O2/c1-2-12(14)15-11-6-5-10-8-3-4-9(7-8)13(10)11/h2-4,8-11,13H,1,5-7H2/t8-,9+,10+,11+,13-/m0/s1. The maximum atomic E-state index is 11.2. The fraction of sp³-hybridized carbons (Fsp3) is 0.615. The van der Waals surface area contributed by atoms with Gasteiger partial charge in [0.1, 0.15) is 6.10 Å². The van der Waals surface area contributed by atoms with E-state index in [1.54, 1.807) is 0 Å². The third-order valence-electron chi connectivity index (χ3n) is 4.34. The van der Waals surface area contributed by atoms with E-state index in [0.717, 1.165) is 18.3 Å². The van der Waals surface area contributed by atoms with E-state index in [4.69, 9.17) is 4.74 Å². The van der Waals surface area contributed by atoms with E-state index < -0.39 is 0 Å². The maximum absolute atomic E-state index is 11.2. The number of rotatable bonds is 2. The van der Waals surface area contributed by atoms with E-state index in [-0.39, 0.29) is 12.1 Å². The van der Waals surface area contributed by atoms with Crippen LogP contribution in [0.2, 0.25) is 0 Å². The summed E-state index contributed by atoms with van der Waals surface area (Å²) in [5.41, 5.74) is 0. The molecule has 0 amide bonds. The van der Waals surface area contributed by atoms with Gasteiger partial charge >= 0.3 is 5.97 Å². The van der Waals surface area contributed by atoms with Crippen LogP contribution in [0.4, 0.5) is 0 Å². The number of carbonyl (C=O) groups is 1. The van der Waals surface area contributed by atoms with Gasteiger partial charge in [0, 0.05) is 12.0 Å². The molecule has 5 atom stereocenters. The molecule has 3 rings (SSSR count). The van der Waals surface area contributed by atoms with Gasteiger partial charge in [0.15, 0.2) is 0 Å². The van der Waals surface area contributed by atoms with E-state index in [9.17, 15) is 4.79 Å². The number of hydrogen-bond acceptors (Lipinski definition) is 2. The molecule has 0 spiro atoms. The van der Waals surface area contributed by atoms with Crippen LogP contribution in [0.1, 0.15) is 19.3 Å². The summed E-state index contributed by atoms with van der Waals surface area (Å²) < 4.78 is 5.44. The number of allylic oxidation sites excluding steroid dienone is 2. The molecule has 2 heteroatoms. The smallest absolute Gasteiger partial charge is 0.330 e. The summed E-state index contributed by atoms with van der Waals surface area (Å²) in [4.78, 5) is 11.2. The Kier molecular flexibility index (Phi) is 1.98. The first-order valence-corrected chi connectivity index (χ1v) is 5.81. The highest BCUT2D eigenvalue weighted by molar-refractivity contribution is 5.81. The van der Waals surface area contributed by atoms with Gasteiger partial charge in [-0.15, -0.1) is 0 Å². The molecule has 2 bridgehead atoms. The Morgan fingerprint density at radius 1 is 1.33 bits per heavy atom. The molecule has 0 aromatic rings. The fourth-order valence-corrected chi connectivity index (χ4v) is 3.80. The van der Waals surface area contributed by atoms with E-state index >= 15 is 0 Å². The zero-order valence-electron chi connectivity index (χ0n) is 8.76. The second-order valence-electron chi connectivity index (χ2n) is 4.95. The molecule has 3 aliphatic rings. The Labute approximate surface area is 90.0 Å². The van der Waals surface area contributed by atoms with Gasteiger partial charge in [-0.2, -0.15) is 0 Å². The lowest BCUT2D eigenvalue weighted by molar-refractivity contribution is -0.145. The predicted octanol–water partition coefficient (Wildman–Crippen LogP) is 2.32. The second kappa shape index (κ2) is 3.22. The highest BCUT2D eigenvalue weighted by Gasteiger charge is 2.52. The molecule has 0 unspecified atom stereocenters. The van der Waals surface area contributed by atoms with Crippen LogP contribution in [-0.2, 0) is 9.53 Å². The molecule has 3 aliphatic carbocycles. The first kappa shape index (κ1) is 9.20. The lowest BCUT2D eigenvalue weighted by Gasteiger charge is -2.25. The number of fused-ring (bicyclic) bond motifs is 5. The monoisotopic (exact) mass is 204 g/mol. The van der Waals surface area contributed by atoms with Crippen LogP contribution < -0.4 is 0 Å². The Morgan fingerprint density at radius 2 is 2.13 bits per heavy atom. The van der Waals surface area contributed by atoms with Crippen molar-refractivity contribution in [2.45, 2.75) is 25.4 Å². The maximum Gasteiger partial charge on any atom is 0.330 e. The lowest BCUT2D eigenvalue weighted by Crippen LogP contribution is -2.27. The Hall–Kier alpha value is -1.05. The zero-order chi connectivity index (χ0) is 10.4. The molecule has 0 saturated heterocycles. The van der Waals surface area contributed by atoms with Gasteiger partial charge in [-0.3, -0.25) is 0 Å². The molecule has 2 fully saturated rings. The van der Waals surface area contributed by atoms with Gasteiger partial charge in [0.25, 0.3) is 0 Å². The summed E-state index contributed by atoms with van der Waals surface area (Å²) in [6, 6.07) is 0. The molecule has 0 heterocycles. The van der Waals surface area contributed by atoms with Crippen molar-refractivity contribution in [1.82, 2.24) is 0 Å². The van der Waals surface area contributed by atoms with Crippen molar-refractivity contribution < 1.29 is 9.53 Å². The first-order chi connectivity index (χ1) is 7.29. The van der Waals surface area contributed by atoms with E-state index in [1.807, 2.05) is 0 Å². The van der Waals surface area contributed by atoms with E-state index in [1.165, 1.54) is 18.9 Å². The van der Waals surface area contributed by atoms with Crippen molar-refractivity contribution in [1.29, 1.82) is 0 Å². The lowest BCUT2D eigenvalue weighted by atomic mass is 9.85. The Balaban J connectivity index is 1.75. The van der Waals surface area contributed by atoms with Gasteiger partial charge in [0.2, 0.25) is 0 Å². The van der Waals surface area contributed by atoms with Crippen LogP contribution in [0.25, 0.3) is 0 Å². The molecular formula is C13H16O2. The van der Waals surface area contributed by atoms with Gasteiger partial charge in [0.05, 0.1) is 0 Å². The van der Waals surface area contributed by atoms with Crippen molar-refractivity contribution in [3.63, 3.8) is 0 Å². The zero-order valence-corrected chi connectivity index (χ0v) is 8.76. The molecule has 80 valence electrons. The SMILES string of the molecule is C=CC(=O)O[C@@H]1CC[C@H]2[C@@H]1[C@@H]1C=C[C@H]2C1. The molecule has 2 nitrogen and oxygen atoms in total. The summed E-state index contributed by atoms with van der Waals surface area (Å²) in [6.45, 7) is 3.45. The summed E-state index contributed by atoms with van der Waals surface area (Å²) >= 11 is 0. The topological polar surface area (TPSA) is 26.3 Å². The molecular weight excluding hydrogens is 188 g/mol. The molecule has 2 saturated carbocycles. The van der Waals surface area contributed by atoms with Crippen molar-refractivity contribution in [2.24, 2.45) is 23.7 Å². The van der Waals surface area contributed by atoms with Crippen molar-refractivity contribution in [2.75, 3.05) is 0 Å². The van der Waals surface area contributed by atoms with Crippen LogP contribution in [0, 0.1) is 23.7 Å². The molecule has 0 aromatic heterocycles. The second-order valence-corrected chi connectivity index (χ2v) is 4.95. The van der Waals surface area contributed by atoms with Gasteiger partial charge in [-0.05, 0) is 37.0 Å². The van der Waals surface area contributed by atoms with E-state index in [2.05, 4.69) is 18.7 Å². The highest BCUT2D eigenvalue weighted by atomic mass is 16.5. The van der Waals surface area contributed by atoms with Crippen molar-refractivity contribution in [3.05, 3.63) is 24.8 Å². The van der Waals surface area contributed by atoms with Crippen LogP contribution >= 0.6 is 0 Å². The minimum Gasteiger partial charge on any atom is -0.459 e. The number of hydrogen-bond donors (Lipinski definition) is 0. The predicted molar refractivity (Wildman–Crippen MR) is 57.0 cm³/mol. The summed E-state index contributed by atoms with van der Waals surface area (Å²) in [5, 5.41) is 0. The van der Waals surface area contributed by atoms with Crippen molar-refractivity contribution in [3.8, 4) is 0 Å². The van der Waals surface area contributed by atoms with Crippen LogP contribution in [0.5, 0.6) is 0 Å². The summed E-state index contributed by atoms with van der Waals surface area (Å²) in [7, 11) is 0. The normalized spacial score (nSPS) is 45.5. The first-order valence-electron chi connectivity index (χ1n) is 5.81. The minimum atomic E-state index is -0.257. The van der Waals surface area contributed by atoms with E-state index in [0.29, 0.717) is 11.8 Å². The number of ether oxygens (including phenoxy) is 1. The average Bonchev–Trinajstić information content (AvgIpc) is 2.89. The summed E-state index contributed by atoms with van der Waals surface area (Å²) in [6.07, 6.45) is 9.68. The average molecular weight is 204 g/mol. The molecule has 0 N–H and O–H groups in total. The molecule has 0 aromatic carbocycles. The van der Waals surface area contributed by atoms with Crippen LogP contribution in [-0.4, -0.2) is 12.1 Å². The van der Waals surface area contributed by atoms with Crippen molar-refractivity contribution >= 4 is 5.97 Å². The molecule has 15 heavy (non-hydrogen) atoms. The largest absolute Gasteiger partial charge is 0.459 e. The summed E-state index contributed by atoms with van der Waals surface area (Å²) in [5.74, 6) is 2.57. The Morgan fingerprint density at radius 3 is 2.93 bits per heavy atom. The van der Waals surface area contributed by atoms with Gasteiger partial charge < -0.3 is 4.74 Å². The quantitative estimate of drug-likeness (QED) is 0.392.